The number of halogens is 2. The first-order valence-corrected chi connectivity index (χ1v) is 11.0. The van der Waals surface area contributed by atoms with Crippen LogP contribution >= 0.6 is 0 Å². The predicted octanol–water partition coefficient (Wildman–Crippen LogP) is 1.63. The molecule has 0 atom stereocenters. The van der Waals surface area contributed by atoms with Crippen molar-refractivity contribution in [1.82, 2.24) is 0 Å². The fraction of sp³-hybridized carbons (Fsp3) is 0.464. The van der Waals surface area contributed by atoms with E-state index in [1.165, 1.54) is 57.9 Å². The summed E-state index contributed by atoms with van der Waals surface area (Å²) in [5.41, 5.74) is 9.91. The molecular weight excluding hydrogens is 514 g/mol. The maximum absolute atomic E-state index is 6.00. The molecule has 32 heavy (non-hydrogen) atoms. The minimum Gasteiger partial charge on any atom is -1.00 e. The number of rotatable bonds is 2. The van der Waals surface area contributed by atoms with Crippen LogP contribution < -0.4 is 29.6 Å². The van der Waals surface area contributed by atoms with Crippen molar-refractivity contribution >= 4 is 10.8 Å². The van der Waals surface area contributed by atoms with Crippen LogP contribution in [0.1, 0.15) is 75.8 Å². The van der Waals surface area contributed by atoms with Gasteiger partial charge in [0.05, 0.1) is 7.11 Å². The molecule has 0 spiro atoms. The minimum atomic E-state index is 0. The molecular formula is C28H35Cl2OZr. The number of benzene rings is 2. The van der Waals surface area contributed by atoms with Crippen LogP contribution in [0.3, 0.4) is 0 Å². The largest absolute Gasteiger partial charge is 3.00 e. The van der Waals surface area contributed by atoms with Crippen LogP contribution in [0.2, 0.25) is 0 Å². The van der Waals surface area contributed by atoms with Crippen LogP contribution in [0.15, 0.2) is 30.3 Å². The van der Waals surface area contributed by atoms with Crippen LogP contribution in [0.4, 0.5) is 0 Å². The maximum Gasteiger partial charge on any atom is 3.00 e. The zero-order valence-electron chi connectivity index (χ0n) is 20.7. The molecule has 171 valence electrons. The van der Waals surface area contributed by atoms with E-state index in [9.17, 15) is 0 Å². The third-order valence-electron chi connectivity index (χ3n) is 6.43. The average Bonchev–Trinajstić information content (AvgIpc) is 3.21. The fourth-order valence-electron chi connectivity index (χ4n) is 5.01. The monoisotopic (exact) mass is 547 g/mol. The molecule has 4 rings (SSSR count). The van der Waals surface area contributed by atoms with Gasteiger partial charge >= 0.3 is 26.2 Å². The molecule has 0 aromatic heterocycles. The van der Waals surface area contributed by atoms with E-state index >= 15 is 0 Å². The maximum atomic E-state index is 6.00. The minimum absolute atomic E-state index is 0. The molecule has 0 amide bonds. The summed E-state index contributed by atoms with van der Waals surface area (Å²) in [5.74, 6) is 1.05. The molecule has 0 unspecified atom stereocenters. The molecule has 0 saturated heterocycles. The van der Waals surface area contributed by atoms with Gasteiger partial charge in [0.2, 0.25) is 0 Å². The molecule has 3 aromatic rings. The van der Waals surface area contributed by atoms with E-state index in [4.69, 9.17) is 4.74 Å². The predicted molar refractivity (Wildman–Crippen MR) is 126 cm³/mol. The second-order valence-electron chi connectivity index (χ2n) is 10.9. The Balaban J connectivity index is 0.00000171. The van der Waals surface area contributed by atoms with Gasteiger partial charge in [0.25, 0.3) is 0 Å². The number of fused-ring (bicyclic) bond motifs is 2. The summed E-state index contributed by atoms with van der Waals surface area (Å²) in [7, 11) is 1.82. The Hall–Kier alpha value is -0.687. The number of aryl methyl sites for hydroxylation is 2. The van der Waals surface area contributed by atoms with E-state index in [1.54, 1.807) is 11.1 Å². The molecule has 1 aliphatic rings. The first-order valence-electron chi connectivity index (χ1n) is 11.0. The summed E-state index contributed by atoms with van der Waals surface area (Å²) in [6.45, 7) is 16.0. The third kappa shape index (κ3) is 5.19. The van der Waals surface area contributed by atoms with Crippen molar-refractivity contribution < 1.29 is 55.8 Å². The summed E-state index contributed by atoms with van der Waals surface area (Å²) < 4.78 is 6.00. The summed E-state index contributed by atoms with van der Waals surface area (Å²) >= 11 is 0. The van der Waals surface area contributed by atoms with Crippen LogP contribution in [-0.2, 0) is 49.9 Å². The van der Waals surface area contributed by atoms with Gasteiger partial charge in [0.1, 0.15) is 5.75 Å². The van der Waals surface area contributed by atoms with Crippen molar-refractivity contribution in [2.24, 2.45) is 0 Å². The summed E-state index contributed by atoms with van der Waals surface area (Å²) in [6.07, 6.45) is 3.66. The van der Waals surface area contributed by atoms with Gasteiger partial charge in [-0.2, -0.15) is 6.07 Å². The van der Waals surface area contributed by atoms with E-state index in [-0.39, 0.29) is 61.8 Å². The van der Waals surface area contributed by atoms with E-state index in [1.807, 2.05) is 7.11 Å². The zero-order chi connectivity index (χ0) is 21.1. The van der Waals surface area contributed by atoms with Crippen LogP contribution in [-0.4, -0.2) is 7.11 Å². The topological polar surface area (TPSA) is 9.23 Å². The summed E-state index contributed by atoms with van der Waals surface area (Å²) in [5, 5.41) is 2.80. The van der Waals surface area contributed by atoms with E-state index < -0.39 is 0 Å². The Kier molecular flexibility index (Phi) is 9.44. The molecule has 0 fully saturated rings. The molecule has 0 heterocycles. The SMILES string of the molecule is COc1c(C(C)(C)C)cc(-c2c3c(cc4[cH-]c(C)cc24)CCC3)cc1C(C)(C)C.[Cl-].[Cl-].[Zr+3]. The van der Waals surface area contributed by atoms with Gasteiger partial charge in [-0.3, -0.25) is 0 Å². The normalized spacial score (nSPS) is 13.1. The molecule has 1 radical (unpaired) electrons. The molecule has 3 aromatic carbocycles. The van der Waals surface area contributed by atoms with Crippen LogP contribution in [0, 0.1) is 6.92 Å². The molecule has 4 heteroatoms. The van der Waals surface area contributed by atoms with Gasteiger partial charge in [-0.05, 0) is 47.8 Å². The van der Waals surface area contributed by atoms with Gasteiger partial charge in [0, 0.05) is 11.1 Å². The first kappa shape index (κ1) is 29.3. The number of hydrogen-bond donors (Lipinski definition) is 0. The number of hydrogen-bond acceptors (Lipinski definition) is 1. The number of ether oxygens (including phenoxy) is 1. The van der Waals surface area contributed by atoms with Crippen molar-refractivity contribution in [2.75, 3.05) is 7.11 Å². The van der Waals surface area contributed by atoms with Gasteiger partial charge in [-0.25, -0.2) is 0 Å². The Morgan fingerprint density at radius 1 is 0.844 bits per heavy atom. The molecule has 1 aliphatic carbocycles. The molecule has 0 N–H and O–H groups in total. The van der Waals surface area contributed by atoms with Crippen molar-refractivity contribution in [1.29, 1.82) is 0 Å². The van der Waals surface area contributed by atoms with Gasteiger partial charge in [-0.15, -0.1) is 28.5 Å². The second-order valence-corrected chi connectivity index (χ2v) is 10.9. The Labute approximate surface area is 226 Å². The van der Waals surface area contributed by atoms with Crippen molar-refractivity contribution in [3.05, 3.63) is 58.1 Å². The van der Waals surface area contributed by atoms with E-state index in [0.717, 1.165) is 5.75 Å². The fourth-order valence-corrected chi connectivity index (χ4v) is 5.01. The third-order valence-corrected chi connectivity index (χ3v) is 6.43. The molecule has 0 aliphatic heterocycles. The van der Waals surface area contributed by atoms with E-state index in [0.29, 0.717) is 0 Å². The summed E-state index contributed by atoms with van der Waals surface area (Å²) in [4.78, 5) is 0. The average molecular weight is 550 g/mol. The van der Waals surface area contributed by atoms with Crippen molar-refractivity contribution in [3.63, 3.8) is 0 Å². The van der Waals surface area contributed by atoms with Gasteiger partial charge in [0.15, 0.2) is 0 Å². The van der Waals surface area contributed by atoms with Gasteiger partial charge in [-0.1, -0.05) is 65.2 Å². The Morgan fingerprint density at radius 3 is 1.91 bits per heavy atom. The Bertz CT molecular complexity index is 1060. The smallest absolute Gasteiger partial charge is 1.00 e. The first-order chi connectivity index (χ1) is 13.5. The van der Waals surface area contributed by atoms with Crippen LogP contribution in [0.5, 0.6) is 5.75 Å². The molecule has 1 nitrogen and oxygen atoms in total. The van der Waals surface area contributed by atoms with E-state index in [2.05, 4.69) is 78.8 Å². The van der Waals surface area contributed by atoms with Gasteiger partial charge < -0.3 is 29.6 Å². The summed E-state index contributed by atoms with van der Waals surface area (Å²) in [6, 6.07) is 12.0. The molecule has 0 bridgehead atoms. The Morgan fingerprint density at radius 2 is 1.41 bits per heavy atom. The van der Waals surface area contributed by atoms with Crippen LogP contribution in [0.25, 0.3) is 21.9 Å². The standard InChI is InChI=1S/C28H35O.2ClH.Zr/c1-17-12-19-14-18-10-9-11-21(18)25(22(19)13-17)20-15-23(27(2,3)4)26(29-8)24(16-20)28(5,6)7;;;/h12-16H,9-11H2,1-8H3;2*1H;/q-1;;;+3/p-2. The molecule has 0 saturated carbocycles. The second kappa shape index (κ2) is 10.3. The zero-order valence-corrected chi connectivity index (χ0v) is 24.6. The number of methoxy groups -OCH3 is 1. The van der Waals surface area contributed by atoms with Crippen molar-refractivity contribution in [3.8, 4) is 16.9 Å². The quantitative estimate of drug-likeness (QED) is 0.442. The van der Waals surface area contributed by atoms with Crippen molar-refractivity contribution in [2.45, 2.75) is 78.6 Å².